The van der Waals surface area contributed by atoms with E-state index < -0.39 is 0 Å². The highest BCUT2D eigenvalue weighted by atomic mass is 35.5. The van der Waals surface area contributed by atoms with E-state index in [1.54, 1.807) is 18.3 Å². The van der Waals surface area contributed by atoms with Crippen LogP contribution in [0.2, 0.25) is 5.02 Å². The van der Waals surface area contributed by atoms with Gasteiger partial charge in [-0.15, -0.1) is 0 Å². The van der Waals surface area contributed by atoms with Gasteiger partial charge in [0.2, 0.25) is 0 Å². The molecule has 3 N–H and O–H groups in total. The molecule has 0 atom stereocenters. The number of oxime groups is 1. The van der Waals surface area contributed by atoms with Crippen LogP contribution < -0.4 is 10.6 Å². The van der Waals surface area contributed by atoms with Crippen LogP contribution in [0.1, 0.15) is 11.1 Å². The normalized spacial score (nSPS) is 11.4. The van der Waals surface area contributed by atoms with Crippen molar-refractivity contribution >= 4 is 23.3 Å². The minimum absolute atomic E-state index is 0.0600. The quantitative estimate of drug-likeness (QED) is 0.393. The molecule has 1 heterocycles. The topological polar surface area (TPSA) is 74.7 Å². The zero-order valence-corrected chi connectivity index (χ0v) is 11.7. The Morgan fingerprint density at radius 1 is 1.40 bits per heavy atom. The molecular weight excluding hydrogens is 276 g/mol. The Hall–Kier alpha value is -2.27. The third-order valence-electron chi connectivity index (χ3n) is 2.85. The lowest BCUT2D eigenvalue weighted by Gasteiger charge is -2.18. The summed E-state index contributed by atoms with van der Waals surface area (Å²) in [4.78, 5) is 6.23. The first-order valence-electron chi connectivity index (χ1n) is 5.99. The van der Waals surface area contributed by atoms with E-state index in [-0.39, 0.29) is 5.84 Å². The van der Waals surface area contributed by atoms with Gasteiger partial charge < -0.3 is 15.8 Å². The number of rotatable bonds is 4. The molecule has 2 rings (SSSR count). The van der Waals surface area contributed by atoms with Gasteiger partial charge in [-0.1, -0.05) is 28.9 Å². The lowest BCUT2D eigenvalue weighted by molar-refractivity contribution is 0.318. The van der Waals surface area contributed by atoms with Crippen LogP contribution in [-0.2, 0) is 6.54 Å². The maximum Gasteiger partial charge on any atom is 0.170 e. The van der Waals surface area contributed by atoms with Gasteiger partial charge in [-0.05, 0) is 29.8 Å². The van der Waals surface area contributed by atoms with Gasteiger partial charge in [0, 0.05) is 30.4 Å². The van der Waals surface area contributed by atoms with Gasteiger partial charge in [0.15, 0.2) is 5.84 Å². The second-order valence-corrected chi connectivity index (χ2v) is 4.81. The zero-order chi connectivity index (χ0) is 14.5. The molecule has 0 aliphatic carbocycles. The Balaban J connectivity index is 2.19. The van der Waals surface area contributed by atoms with Crippen molar-refractivity contribution in [3.05, 3.63) is 58.7 Å². The predicted molar refractivity (Wildman–Crippen MR) is 80.3 cm³/mol. The van der Waals surface area contributed by atoms with Gasteiger partial charge in [-0.25, -0.2) is 4.98 Å². The van der Waals surface area contributed by atoms with Crippen LogP contribution in [0.5, 0.6) is 0 Å². The Kier molecular flexibility index (Phi) is 4.42. The molecule has 0 saturated carbocycles. The average molecular weight is 291 g/mol. The summed E-state index contributed by atoms with van der Waals surface area (Å²) in [6.07, 6.45) is 1.62. The minimum atomic E-state index is 0.0600. The monoisotopic (exact) mass is 290 g/mol. The largest absolute Gasteiger partial charge is 0.409 e. The van der Waals surface area contributed by atoms with Crippen LogP contribution in [0.15, 0.2) is 47.8 Å². The van der Waals surface area contributed by atoms with Crippen molar-refractivity contribution in [3.63, 3.8) is 0 Å². The van der Waals surface area contributed by atoms with Crippen molar-refractivity contribution in [2.75, 3.05) is 11.9 Å². The zero-order valence-electron chi connectivity index (χ0n) is 11.0. The highest BCUT2D eigenvalue weighted by Gasteiger charge is 2.07. The molecule has 0 unspecified atom stereocenters. The standard InChI is InChI=1S/C14H15ClN4O/c1-19(9-10-3-2-4-12(15)7-10)13-8-11(5-6-17-13)14(16)18-20/h2-8,20H,9H2,1H3,(H2,16,18). The maximum atomic E-state index is 8.70. The van der Waals surface area contributed by atoms with Gasteiger partial charge in [-0.2, -0.15) is 0 Å². The first-order valence-corrected chi connectivity index (χ1v) is 6.37. The van der Waals surface area contributed by atoms with Gasteiger partial charge in [-0.3, -0.25) is 0 Å². The molecule has 0 aliphatic heterocycles. The van der Waals surface area contributed by atoms with Crippen LogP contribution in [0.3, 0.4) is 0 Å². The molecule has 2 aromatic rings. The van der Waals surface area contributed by atoms with E-state index in [4.69, 9.17) is 22.5 Å². The van der Waals surface area contributed by atoms with Crippen LogP contribution in [0, 0.1) is 0 Å². The van der Waals surface area contributed by atoms with Crippen molar-refractivity contribution in [3.8, 4) is 0 Å². The van der Waals surface area contributed by atoms with E-state index in [0.717, 1.165) is 11.4 Å². The third-order valence-corrected chi connectivity index (χ3v) is 3.08. The molecule has 0 amide bonds. The summed E-state index contributed by atoms with van der Waals surface area (Å²) in [6, 6.07) is 11.1. The number of benzene rings is 1. The number of anilines is 1. The lowest BCUT2D eigenvalue weighted by Crippen LogP contribution is -2.19. The highest BCUT2D eigenvalue weighted by molar-refractivity contribution is 6.30. The summed E-state index contributed by atoms with van der Waals surface area (Å²) in [7, 11) is 1.92. The molecule has 5 nitrogen and oxygen atoms in total. The van der Waals surface area contributed by atoms with Crippen LogP contribution in [0.25, 0.3) is 0 Å². The molecule has 20 heavy (non-hydrogen) atoms. The average Bonchev–Trinajstić information content (AvgIpc) is 2.46. The number of aromatic nitrogens is 1. The first kappa shape index (κ1) is 14.1. The number of nitrogens with two attached hydrogens (primary N) is 1. The number of nitrogens with zero attached hydrogens (tertiary/aromatic N) is 3. The summed E-state index contributed by atoms with van der Waals surface area (Å²) < 4.78 is 0. The Morgan fingerprint density at radius 2 is 2.20 bits per heavy atom. The summed E-state index contributed by atoms with van der Waals surface area (Å²) in [5, 5.41) is 12.4. The molecule has 1 aromatic heterocycles. The second-order valence-electron chi connectivity index (χ2n) is 4.37. The van der Waals surface area contributed by atoms with Gasteiger partial charge in [0.1, 0.15) is 5.82 Å². The van der Waals surface area contributed by atoms with E-state index in [9.17, 15) is 0 Å². The van der Waals surface area contributed by atoms with Crippen molar-refractivity contribution in [2.45, 2.75) is 6.54 Å². The third kappa shape index (κ3) is 3.39. The SMILES string of the molecule is CN(Cc1cccc(Cl)c1)c1cc(C(N)=NO)ccn1. The molecule has 0 saturated heterocycles. The Bertz CT molecular complexity index is 630. The van der Waals surface area contributed by atoms with Crippen molar-refractivity contribution in [1.82, 2.24) is 4.98 Å². The summed E-state index contributed by atoms with van der Waals surface area (Å²) in [5.74, 6) is 0.791. The van der Waals surface area contributed by atoms with Gasteiger partial charge >= 0.3 is 0 Å². The molecule has 0 spiro atoms. The van der Waals surface area contributed by atoms with Crippen molar-refractivity contribution in [2.24, 2.45) is 10.9 Å². The number of hydrogen-bond donors (Lipinski definition) is 2. The van der Waals surface area contributed by atoms with Crippen molar-refractivity contribution < 1.29 is 5.21 Å². The Labute approximate surface area is 122 Å². The van der Waals surface area contributed by atoms with Crippen LogP contribution in [-0.4, -0.2) is 23.1 Å². The fourth-order valence-corrected chi connectivity index (χ4v) is 2.05. The van der Waals surface area contributed by atoms with E-state index >= 15 is 0 Å². The minimum Gasteiger partial charge on any atom is -0.409 e. The summed E-state index contributed by atoms with van der Waals surface area (Å²) in [6.45, 7) is 0.660. The van der Waals surface area contributed by atoms with Crippen LogP contribution in [0.4, 0.5) is 5.82 Å². The predicted octanol–water partition coefficient (Wildman–Crippen LogP) is 2.47. The Morgan fingerprint density at radius 3 is 2.90 bits per heavy atom. The second kappa shape index (κ2) is 6.25. The van der Waals surface area contributed by atoms with Gasteiger partial charge in [0.05, 0.1) is 0 Å². The van der Waals surface area contributed by atoms with Gasteiger partial charge in [0.25, 0.3) is 0 Å². The number of hydrogen-bond acceptors (Lipinski definition) is 4. The van der Waals surface area contributed by atoms with E-state index in [0.29, 0.717) is 17.1 Å². The van der Waals surface area contributed by atoms with Crippen LogP contribution >= 0.6 is 11.6 Å². The molecule has 6 heteroatoms. The highest BCUT2D eigenvalue weighted by Crippen LogP contribution is 2.16. The first-order chi connectivity index (χ1) is 9.60. The molecule has 0 aliphatic rings. The fourth-order valence-electron chi connectivity index (χ4n) is 1.83. The van der Waals surface area contributed by atoms with E-state index in [1.165, 1.54) is 0 Å². The molecular formula is C14H15ClN4O. The smallest absolute Gasteiger partial charge is 0.170 e. The number of amidine groups is 1. The maximum absolute atomic E-state index is 8.70. The summed E-state index contributed by atoms with van der Waals surface area (Å²) in [5.41, 5.74) is 7.27. The lowest BCUT2D eigenvalue weighted by atomic mass is 10.2. The van der Waals surface area contributed by atoms with Crippen molar-refractivity contribution in [1.29, 1.82) is 0 Å². The molecule has 0 radical (unpaired) electrons. The number of pyridine rings is 1. The van der Waals surface area contributed by atoms with E-state index in [2.05, 4.69) is 10.1 Å². The molecule has 104 valence electrons. The fraction of sp³-hybridized carbons (Fsp3) is 0.143. The molecule has 1 aromatic carbocycles. The number of halogens is 1. The summed E-state index contributed by atoms with van der Waals surface area (Å²) >= 11 is 5.97. The molecule has 0 bridgehead atoms. The molecule has 0 fully saturated rings. The van der Waals surface area contributed by atoms with E-state index in [1.807, 2.05) is 36.2 Å².